The second-order valence-corrected chi connectivity index (χ2v) is 5.97. The quantitative estimate of drug-likeness (QED) is 0.701. The lowest BCUT2D eigenvalue weighted by Crippen LogP contribution is -2.37. The predicted molar refractivity (Wildman–Crippen MR) is 68.1 cm³/mol. The van der Waals surface area contributed by atoms with Gasteiger partial charge in [-0.1, -0.05) is 13.3 Å². The maximum absolute atomic E-state index is 11.6. The van der Waals surface area contributed by atoms with Crippen LogP contribution in [0.15, 0.2) is 0 Å². The van der Waals surface area contributed by atoms with Crippen LogP contribution < -0.4 is 11.1 Å². The minimum absolute atomic E-state index is 0.111. The molecule has 0 aromatic carbocycles. The van der Waals surface area contributed by atoms with Crippen molar-refractivity contribution in [3.05, 3.63) is 0 Å². The molecule has 0 saturated heterocycles. The summed E-state index contributed by atoms with van der Waals surface area (Å²) in [5.74, 6) is 0.441. The lowest BCUT2D eigenvalue weighted by Gasteiger charge is -2.22. The molecule has 0 aliphatic carbocycles. The van der Waals surface area contributed by atoms with Crippen molar-refractivity contribution in [1.82, 2.24) is 5.32 Å². The third-order valence-electron chi connectivity index (χ3n) is 2.65. The lowest BCUT2D eigenvalue weighted by atomic mass is 10.0. The van der Waals surface area contributed by atoms with Crippen LogP contribution in [0.5, 0.6) is 0 Å². The first-order valence-corrected chi connectivity index (χ1v) is 6.69. The zero-order valence-electron chi connectivity index (χ0n) is 10.3. The van der Waals surface area contributed by atoms with Gasteiger partial charge in [0.2, 0.25) is 5.91 Å². The highest BCUT2D eigenvalue weighted by atomic mass is 32.2. The number of thioether (sulfide) groups is 1. The van der Waals surface area contributed by atoms with Gasteiger partial charge in [0, 0.05) is 17.7 Å². The third kappa shape index (κ3) is 6.79. The molecular weight excluding hydrogens is 208 g/mol. The number of hydrogen-bond acceptors (Lipinski definition) is 3. The Hall–Kier alpha value is -0.220. The molecular formula is C11H24N2OS. The fourth-order valence-electron chi connectivity index (χ4n) is 1.11. The van der Waals surface area contributed by atoms with Crippen molar-refractivity contribution >= 4 is 17.7 Å². The van der Waals surface area contributed by atoms with E-state index in [1.165, 1.54) is 0 Å². The average molecular weight is 232 g/mol. The van der Waals surface area contributed by atoms with Crippen molar-refractivity contribution in [3.8, 4) is 0 Å². The zero-order valence-corrected chi connectivity index (χ0v) is 11.1. The first kappa shape index (κ1) is 14.8. The van der Waals surface area contributed by atoms with Crippen LogP contribution in [0.4, 0.5) is 0 Å². The monoisotopic (exact) mass is 232 g/mol. The number of nitrogens with one attached hydrogen (secondary N) is 1. The molecule has 0 aliphatic rings. The maximum Gasteiger partial charge on any atom is 0.220 e. The van der Waals surface area contributed by atoms with E-state index in [0.717, 1.165) is 6.42 Å². The predicted octanol–water partition coefficient (Wildman–Crippen LogP) is 1.62. The molecule has 0 aliphatic heterocycles. The topological polar surface area (TPSA) is 55.1 Å². The fraction of sp³-hybridized carbons (Fsp3) is 0.909. The number of hydrogen-bond donors (Lipinski definition) is 2. The van der Waals surface area contributed by atoms with Crippen molar-refractivity contribution in [2.24, 2.45) is 11.7 Å². The van der Waals surface area contributed by atoms with Gasteiger partial charge in [0.15, 0.2) is 0 Å². The summed E-state index contributed by atoms with van der Waals surface area (Å²) in [6.45, 7) is 7.62. The number of carbonyl (C=O) groups is 1. The Morgan fingerprint density at radius 2 is 2.13 bits per heavy atom. The van der Waals surface area contributed by atoms with E-state index < -0.39 is 0 Å². The van der Waals surface area contributed by atoms with Crippen LogP contribution in [-0.2, 0) is 4.79 Å². The Bertz CT molecular complexity index is 191. The van der Waals surface area contributed by atoms with E-state index in [1.807, 2.05) is 0 Å². The molecule has 1 amide bonds. The molecule has 0 rings (SSSR count). The number of amides is 1. The van der Waals surface area contributed by atoms with Gasteiger partial charge in [-0.2, -0.15) is 11.8 Å². The Labute approximate surface area is 97.6 Å². The number of nitrogens with two attached hydrogens (primary N) is 1. The highest BCUT2D eigenvalue weighted by molar-refractivity contribution is 7.99. The molecule has 0 bridgehead atoms. The van der Waals surface area contributed by atoms with E-state index in [4.69, 9.17) is 5.73 Å². The largest absolute Gasteiger partial charge is 0.355 e. The zero-order chi connectivity index (χ0) is 11.9. The highest BCUT2D eigenvalue weighted by Gasteiger charge is 2.17. The van der Waals surface area contributed by atoms with Gasteiger partial charge in [0.05, 0.1) is 0 Å². The van der Waals surface area contributed by atoms with Crippen molar-refractivity contribution < 1.29 is 4.79 Å². The van der Waals surface area contributed by atoms with Crippen molar-refractivity contribution in [1.29, 1.82) is 0 Å². The van der Waals surface area contributed by atoms with Crippen LogP contribution in [0, 0.1) is 5.92 Å². The molecule has 3 N–H and O–H groups in total. The van der Waals surface area contributed by atoms with Crippen molar-refractivity contribution in [2.45, 2.75) is 38.4 Å². The average Bonchev–Trinajstić information content (AvgIpc) is 2.23. The Morgan fingerprint density at radius 1 is 1.53 bits per heavy atom. The van der Waals surface area contributed by atoms with Crippen LogP contribution in [0.3, 0.4) is 0 Å². The van der Waals surface area contributed by atoms with E-state index in [1.54, 1.807) is 11.8 Å². The summed E-state index contributed by atoms with van der Waals surface area (Å²) in [5, 5.41) is 2.96. The summed E-state index contributed by atoms with van der Waals surface area (Å²) in [5.41, 5.74) is 5.56. The molecule has 0 aromatic rings. The van der Waals surface area contributed by atoms with Crippen LogP contribution >= 0.6 is 11.8 Å². The highest BCUT2D eigenvalue weighted by Crippen LogP contribution is 2.19. The molecule has 0 saturated carbocycles. The van der Waals surface area contributed by atoms with Gasteiger partial charge in [-0.25, -0.2) is 0 Å². The third-order valence-corrected chi connectivity index (χ3v) is 3.90. The van der Waals surface area contributed by atoms with E-state index in [-0.39, 0.29) is 10.7 Å². The standard InChI is InChI=1S/C11H24N2OS/c1-5-9(7-12)6-10(14)13-8-11(2,3)15-4/h9H,5-8,12H2,1-4H3,(H,13,14). The van der Waals surface area contributed by atoms with Crippen LogP contribution in [0.25, 0.3) is 0 Å². The molecule has 4 heteroatoms. The van der Waals surface area contributed by atoms with Gasteiger partial charge in [-0.3, -0.25) is 4.79 Å². The van der Waals surface area contributed by atoms with Gasteiger partial charge < -0.3 is 11.1 Å². The van der Waals surface area contributed by atoms with Gasteiger partial charge >= 0.3 is 0 Å². The fourth-order valence-corrected chi connectivity index (χ4v) is 1.33. The molecule has 0 aromatic heterocycles. The summed E-state index contributed by atoms with van der Waals surface area (Å²) in [7, 11) is 0. The summed E-state index contributed by atoms with van der Waals surface area (Å²) >= 11 is 1.76. The van der Waals surface area contributed by atoms with Crippen molar-refractivity contribution in [3.63, 3.8) is 0 Å². The maximum atomic E-state index is 11.6. The van der Waals surface area contributed by atoms with E-state index in [0.29, 0.717) is 25.4 Å². The number of rotatable bonds is 7. The molecule has 3 nitrogen and oxygen atoms in total. The second-order valence-electron chi connectivity index (χ2n) is 4.45. The summed E-state index contributed by atoms with van der Waals surface area (Å²) in [6.07, 6.45) is 3.58. The molecule has 90 valence electrons. The second kappa shape index (κ2) is 7.12. The summed E-state index contributed by atoms with van der Waals surface area (Å²) in [6, 6.07) is 0. The smallest absolute Gasteiger partial charge is 0.220 e. The van der Waals surface area contributed by atoms with E-state index >= 15 is 0 Å². The molecule has 0 radical (unpaired) electrons. The molecule has 1 unspecified atom stereocenters. The first-order chi connectivity index (χ1) is 6.95. The Balaban J connectivity index is 3.84. The van der Waals surface area contributed by atoms with E-state index in [2.05, 4.69) is 32.3 Å². The summed E-state index contributed by atoms with van der Waals surface area (Å²) < 4.78 is 0.111. The van der Waals surface area contributed by atoms with Gasteiger partial charge in [0.1, 0.15) is 0 Å². The molecule has 0 heterocycles. The molecule has 15 heavy (non-hydrogen) atoms. The van der Waals surface area contributed by atoms with Gasteiger partial charge in [-0.15, -0.1) is 0 Å². The van der Waals surface area contributed by atoms with Crippen LogP contribution in [-0.4, -0.2) is 30.0 Å². The first-order valence-electron chi connectivity index (χ1n) is 5.47. The van der Waals surface area contributed by atoms with Crippen molar-refractivity contribution in [2.75, 3.05) is 19.3 Å². The normalized spacial score (nSPS) is 13.7. The minimum atomic E-state index is 0.111. The Kier molecular flexibility index (Phi) is 7.02. The lowest BCUT2D eigenvalue weighted by molar-refractivity contribution is -0.122. The minimum Gasteiger partial charge on any atom is -0.355 e. The molecule has 0 fully saturated rings. The van der Waals surface area contributed by atoms with Gasteiger partial charge in [-0.05, 0) is 32.6 Å². The van der Waals surface area contributed by atoms with Crippen LogP contribution in [0.1, 0.15) is 33.6 Å². The van der Waals surface area contributed by atoms with Crippen LogP contribution in [0.2, 0.25) is 0 Å². The SMILES string of the molecule is CCC(CN)CC(=O)NCC(C)(C)SC. The number of carbonyl (C=O) groups excluding carboxylic acids is 1. The molecule has 1 atom stereocenters. The van der Waals surface area contributed by atoms with Gasteiger partial charge in [0.25, 0.3) is 0 Å². The van der Waals surface area contributed by atoms with E-state index in [9.17, 15) is 4.79 Å². The summed E-state index contributed by atoms with van der Waals surface area (Å²) in [4.78, 5) is 11.6. The molecule has 0 spiro atoms. The Morgan fingerprint density at radius 3 is 2.53 bits per heavy atom.